The first-order chi connectivity index (χ1) is 10.1. The maximum absolute atomic E-state index is 12.4. The van der Waals surface area contributed by atoms with E-state index in [1.165, 1.54) is 22.5 Å². The molecule has 0 aliphatic heterocycles. The molecule has 0 amide bonds. The molecule has 2 N–H and O–H groups in total. The third-order valence-corrected chi connectivity index (χ3v) is 6.50. The standard InChI is InChI=1S/C15H18N2O2S2/c1-16-9-11-7-15(20-10-11)21(18,19)17-14-6-5-12-3-2-4-13(12)8-14/h5-8,10,16-17H,2-4,9H2,1H3. The van der Waals surface area contributed by atoms with Gasteiger partial charge >= 0.3 is 0 Å². The highest BCUT2D eigenvalue weighted by Gasteiger charge is 2.18. The fraction of sp³-hybridized carbons (Fsp3) is 0.333. The van der Waals surface area contributed by atoms with Gasteiger partial charge in [0.25, 0.3) is 10.0 Å². The van der Waals surface area contributed by atoms with Crippen LogP contribution in [0.5, 0.6) is 0 Å². The number of hydrogen-bond donors (Lipinski definition) is 2. The molecule has 6 heteroatoms. The van der Waals surface area contributed by atoms with E-state index in [1.807, 2.05) is 30.6 Å². The molecule has 0 atom stereocenters. The summed E-state index contributed by atoms with van der Waals surface area (Å²) >= 11 is 1.25. The van der Waals surface area contributed by atoms with Crippen LogP contribution >= 0.6 is 11.3 Å². The highest BCUT2D eigenvalue weighted by atomic mass is 32.2. The number of thiophene rings is 1. The maximum Gasteiger partial charge on any atom is 0.271 e. The van der Waals surface area contributed by atoms with E-state index in [0.29, 0.717) is 16.4 Å². The van der Waals surface area contributed by atoms with Crippen LogP contribution in [0.15, 0.2) is 33.9 Å². The number of aryl methyl sites for hydroxylation is 2. The summed E-state index contributed by atoms with van der Waals surface area (Å²) in [5.41, 5.74) is 4.23. The molecule has 0 bridgehead atoms. The lowest BCUT2D eigenvalue weighted by atomic mass is 10.1. The van der Waals surface area contributed by atoms with Crippen molar-refractivity contribution in [1.29, 1.82) is 0 Å². The van der Waals surface area contributed by atoms with Crippen molar-refractivity contribution in [3.05, 3.63) is 46.3 Å². The van der Waals surface area contributed by atoms with Crippen LogP contribution < -0.4 is 10.0 Å². The zero-order chi connectivity index (χ0) is 14.9. The fourth-order valence-electron chi connectivity index (χ4n) is 2.63. The van der Waals surface area contributed by atoms with Gasteiger partial charge in [-0.1, -0.05) is 6.07 Å². The normalized spacial score (nSPS) is 14.1. The van der Waals surface area contributed by atoms with Crippen molar-refractivity contribution >= 4 is 27.0 Å². The molecule has 1 heterocycles. The molecule has 1 aromatic heterocycles. The van der Waals surface area contributed by atoms with Crippen LogP contribution in [0.3, 0.4) is 0 Å². The number of fused-ring (bicyclic) bond motifs is 1. The molecule has 1 aliphatic carbocycles. The van der Waals surface area contributed by atoms with Crippen molar-refractivity contribution in [2.75, 3.05) is 11.8 Å². The highest BCUT2D eigenvalue weighted by molar-refractivity contribution is 7.94. The van der Waals surface area contributed by atoms with E-state index in [9.17, 15) is 8.42 Å². The Hall–Kier alpha value is -1.37. The topological polar surface area (TPSA) is 58.2 Å². The number of anilines is 1. The smallest absolute Gasteiger partial charge is 0.271 e. The summed E-state index contributed by atoms with van der Waals surface area (Å²) in [5.74, 6) is 0. The predicted molar refractivity (Wildman–Crippen MR) is 86.4 cm³/mol. The SMILES string of the molecule is CNCc1csc(S(=O)(=O)Nc2ccc3c(c2)CCC3)c1. The Kier molecular flexibility index (Phi) is 4.01. The number of hydrogen-bond acceptors (Lipinski definition) is 4. The predicted octanol–water partition coefficient (Wildman–Crippen LogP) is 2.76. The first-order valence-electron chi connectivity index (χ1n) is 6.95. The van der Waals surface area contributed by atoms with Gasteiger partial charge in [-0.05, 0) is 66.6 Å². The van der Waals surface area contributed by atoms with E-state index in [-0.39, 0.29) is 0 Å². The van der Waals surface area contributed by atoms with Crippen LogP contribution in [0.2, 0.25) is 0 Å². The molecule has 21 heavy (non-hydrogen) atoms. The number of rotatable bonds is 5. The summed E-state index contributed by atoms with van der Waals surface area (Å²) in [6.07, 6.45) is 3.29. The Bertz CT molecular complexity index is 751. The van der Waals surface area contributed by atoms with Crippen molar-refractivity contribution < 1.29 is 8.42 Å². The second kappa shape index (κ2) is 5.79. The Morgan fingerprint density at radius 2 is 2.00 bits per heavy atom. The molecule has 0 unspecified atom stereocenters. The number of nitrogens with one attached hydrogen (secondary N) is 2. The van der Waals surface area contributed by atoms with E-state index in [1.54, 1.807) is 6.07 Å². The highest BCUT2D eigenvalue weighted by Crippen LogP contribution is 2.27. The average molecular weight is 322 g/mol. The molecule has 112 valence electrons. The zero-order valence-electron chi connectivity index (χ0n) is 11.8. The van der Waals surface area contributed by atoms with Crippen molar-refractivity contribution in [3.8, 4) is 0 Å². The Labute approximate surface area is 129 Å². The van der Waals surface area contributed by atoms with Gasteiger partial charge in [0.2, 0.25) is 0 Å². The largest absolute Gasteiger partial charge is 0.316 e. The first-order valence-corrected chi connectivity index (χ1v) is 9.31. The van der Waals surface area contributed by atoms with Crippen LogP contribution in [-0.2, 0) is 29.4 Å². The van der Waals surface area contributed by atoms with Crippen LogP contribution in [-0.4, -0.2) is 15.5 Å². The van der Waals surface area contributed by atoms with Gasteiger partial charge in [-0.3, -0.25) is 4.72 Å². The van der Waals surface area contributed by atoms with Gasteiger partial charge < -0.3 is 5.32 Å². The minimum Gasteiger partial charge on any atom is -0.316 e. The third kappa shape index (κ3) is 3.12. The van der Waals surface area contributed by atoms with Gasteiger partial charge in [0.15, 0.2) is 0 Å². The minimum absolute atomic E-state index is 0.355. The molecule has 0 spiro atoms. The number of sulfonamides is 1. The lowest BCUT2D eigenvalue weighted by Gasteiger charge is -2.08. The molecule has 0 saturated heterocycles. The molecular formula is C15H18N2O2S2. The maximum atomic E-state index is 12.4. The van der Waals surface area contributed by atoms with Gasteiger partial charge in [0.1, 0.15) is 4.21 Å². The summed E-state index contributed by atoms with van der Waals surface area (Å²) in [6, 6.07) is 7.56. The van der Waals surface area contributed by atoms with Crippen molar-refractivity contribution in [3.63, 3.8) is 0 Å². The second-order valence-corrected chi connectivity index (χ2v) is 8.07. The molecule has 0 fully saturated rings. The second-order valence-electron chi connectivity index (χ2n) is 5.25. The van der Waals surface area contributed by atoms with E-state index in [0.717, 1.165) is 24.8 Å². The van der Waals surface area contributed by atoms with Crippen molar-refractivity contribution in [2.45, 2.75) is 30.0 Å². The van der Waals surface area contributed by atoms with Gasteiger partial charge in [0.05, 0.1) is 0 Å². The molecule has 0 radical (unpaired) electrons. The Morgan fingerprint density at radius 1 is 1.19 bits per heavy atom. The summed E-state index contributed by atoms with van der Waals surface area (Å²) in [7, 11) is -1.65. The van der Waals surface area contributed by atoms with Gasteiger partial charge in [-0.15, -0.1) is 11.3 Å². The van der Waals surface area contributed by atoms with Crippen LogP contribution in [0.25, 0.3) is 0 Å². The third-order valence-electron chi connectivity index (χ3n) is 3.63. The van der Waals surface area contributed by atoms with E-state index >= 15 is 0 Å². The molecule has 1 aromatic carbocycles. The summed E-state index contributed by atoms with van der Waals surface area (Å²) < 4.78 is 27.8. The van der Waals surface area contributed by atoms with E-state index in [2.05, 4.69) is 10.0 Å². The van der Waals surface area contributed by atoms with Gasteiger partial charge in [0, 0.05) is 12.2 Å². The summed E-state index contributed by atoms with van der Waals surface area (Å²) in [5, 5.41) is 4.89. The molecule has 2 aromatic rings. The van der Waals surface area contributed by atoms with Crippen molar-refractivity contribution in [2.24, 2.45) is 0 Å². The summed E-state index contributed by atoms with van der Waals surface area (Å²) in [6.45, 7) is 0.671. The first kappa shape index (κ1) is 14.6. The molecule has 1 aliphatic rings. The zero-order valence-corrected chi connectivity index (χ0v) is 13.5. The quantitative estimate of drug-likeness (QED) is 0.890. The number of benzene rings is 1. The lowest BCUT2D eigenvalue weighted by molar-refractivity contribution is 0.603. The van der Waals surface area contributed by atoms with Gasteiger partial charge in [-0.25, -0.2) is 8.42 Å². The molecule has 4 nitrogen and oxygen atoms in total. The van der Waals surface area contributed by atoms with E-state index < -0.39 is 10.0 Å². The average Bonchev–Trinajstić information content (AvgIpc) is 3.07. The van der Waals surface area contributed by atoms with Crippen molar-refractivity contribution in [1.82, 2.24) is 5.32 Å². The fourth-order valence-corrected chi connectivity index (χ4v) is 4.89. The van der Waals surface area contributed by atoms with Crippen LogP contribution in [0, 0.1) is 0 Å². The van der Waals surface area contributed by atoms with E-state index in [4.69, 9.17) is 0 Å². The molecule has 3 rings (SSSR count). The molecular weight excluding hydrogens is 304 g/mol. The van der Waals surface area contributed by atoms with Crippen LogP contribution in [0.1, 0.15) is 23.1 Å². The Balaban J connectivity index is 1.82. The van der Waals surface area contributed by atoms with Crippen LogP contribution in [0.4, 0.5) is 5.69 Å². The lowest BCUT2D eigenvalue weighted by Crippen LogP contribution is -2.12. The minimum atomic E-state index is -3.49. The molecule has 0 saturated carbocycles. The monoisotopic (exact) mass is 322 g/mol. The summed E-state index contributed by atoms with van der Waals surface area (Å²) in [4.78, 5) is 0. The van der Waals surface area contributed by atoms with Gasteiger partial charge in [-0.2, -0.15) is 0 Å². The Morgan fingerprint density at radius 3 is 2.81 bits per heavy atom.